The number of β-amino-alcohol motifs (C(OH)–C–C–N with tert-alkyl or cyclic N) is 1. The number of rotatable bonds is 8. The molecule has 0 bridgehead atoms. The summed E-state index contributed by atoms with van der Waals surface area (Å²) in [5.41, 5.74) is 4.35. The number of hydrogen-bond acceptors (Lipinski definition) is 6. The molecule has 2 saturated heterocycles. The standard InChI is InChI=1S/C31H37N3O5/c1-21-28(19-34-15-14-27(36)18-34)38-30(39-29(21)24-12-10-23(20-35)11-13-24)25-8-5-9-26(16-25)33-31(37)32-17-22-6-3-2-4-7-22/h2-13,16,21,27-30,35-36H,14-15,17-20H2,1H3,(H2,32,33,37)/t21-,27+,28+,29+,30+/m1/s1. The molecule has 2 amide bonds. The van der Waals surface area contributed by atoms with Crippen LogP contribution in [0.1, 0.15) is 48.0 Å². The molecule has 5 rings (SSSR count). The SMILES string of the molecule is C[C@@H]1[C@H](CN2CC[C@H](O)C2)O[C@H](c2cccc(NC(=O)NCc3ccccc3)c2)O[C@@H]1c1ccc(CO)cc1. The first-order valence-corrected chi connectivity index (χ1v) is 13.6. The van der Waals surface area contributed by atoms with E-state index in [9.17, 15) is 15.0 Å². The highest BCUT2D eigenvalue weighted by atomic mass is 16.7. The molecule has 2 aliphatic heterocycles. The van der Waals surface area contributed by atoms with Crippen LogP contribution in [0.3, 0.4) is 0 Å². The van der Waals surface area contributed by atoms with Gasteiger partial charge in [0.25, 0.3) is 0 Å². The first-order valence-electron chi connectivity index (χ1n) is 13.6. The van der Waals surface area contributed by atoms with E-state index in [4.69, 9.17) is 9.47 Å². The fraction of sp³-hybridized carbons (Fsp3) is 0.387. The number of carbonyl (C=O) groups is 1. The Hall–Kier alpha value is -3.27. The molecule has 8 nitrogen and oxygen atoms in total. The van der Waals surface area contributed by atoms with Gasteiger partial charge in [0.1, 0.15) is 0 Å². The molecule has 0 aliphatic carbocycles. The lowest BCUT2D eigenvalue weighted by molar-refractivity contribution is -0.276. The second kappa shape index (κ2) is 12.7. The van der Waals surface area contributed by atoms with Crippen molar-refractivity contribution in [3.05, 3.63) is 101 Å². The summed E-state index contributed by atoms with van der Waals surface area (Å²) in [6.07, 6.45) is -0.501. The Kier molecular flexibility index (Phi) is 8.91. The molecule has 0 unspecified atom stereocenters. The van der Waals surface area contributed by atoms with Gasteiger partial charge in [0.15, 0.2) is 6.29 Å². The predicted molar refractivity (Wildman–Crippen MR) is 149 cm³/mol. The average molecular weight is 532 g/mol. The maximum atomic E-state index is 12.5. The molecule has 206 valence electrons. The van der Waals surface area contributed by atoms with E-state index < -0.39 is 6.29 Å². The molecule has 3 aromatic carbocycles. The van der Waals surface area contributed by atoms with Crippen LogP contribution in [0.15, 0.2) is 78.9 Å². The van der Waals surface area contributed by atoms with Gasteiger partial charge in [-0.3, -0.25) is 4.90 Å². The van der Waals surface area contributed by atoms with Crippen molar-refractivity contribution in [2.45, 2.75) is 51.1 Å². The van der Waals surface area contributed by atoms with Crippen LogP contribution in [-0.4, -0.2) is 53.0 Å². The molecular formula is C31H37N3O5. The van der Waals surface area contributed by atoms with Crippen molar-refractivity contribution in [2.24, 2.45) is 5.92 Å². The minimum absolute atomic E-state index is 0.00821. The monoisotopic (exact) mass is 531 g/mol. The van der Waals surface area contributed by atoms with E-state index in [1.807, 2.05) is 78.9 Å². The minimum Gasteiger partial charge on any atom is -0.392 e. The zero-order valence-corrected chi connectivity index (χ0v) is 22.2. The van der Waals surface area contributed by atoms with Crippen LogP contribution in [0.4, 0.5) is 10.5 Å². The lowest BCUT2D eigenvalue weighted by atomic mass is 9.90. The molecule has 2 fully saturated rings. The topological polar surface area (TPSA) is 103 Å². The molecule has 0 spiro atoms. The number of ether oxygens (including phenoxy) is 2. The number of nitrogens with zero attached hydrogens (tertiary/aromatic N) is 1. The normalized spacial score (nSPS) is 25.4. The number of aliphatic hydroxyl groups is 2. The summed E-state index contributed by atoms with van der Waals surface area (Å²) >= 11 is 0. The zero-order chi connectivity index (χ0) is 27.2. The second-order valence-corrected chi connectivity index (χ2v) is 10.4. The number of aliphatic hydroxyl groups excluding tert-OH is 2. The number of hydrogen-bond donors (Lipinski definition) is 4. The molecule has 39 heavy (non-hydrogen) atoms. The molecule has 0 radical (unpaired) electrons. The highest BCUT2D eigenvalue weighted by Gasteiger charge is 2.40. The van der Waals surface area contributed by atoms with Crippen LogP contribution < -0.4 is 10.6 Å². The minimum atomic E-state index is -0.629. The third-order valence-corrected chi connectivity index (χ3v) is 7.52. The van der Waals surface area contributed by atoms with E-state index in [1.165, 1.54) is 0 Å². The van der Waals surface area contributed by atoms with Gasteiger partial charge < -0.3 is 30.3 Å². The Balaban J connectivity index is 1.31. The zero-order valence-electron chi connectivity index (χ0n) is 22.2. The molecule has 4 N–H and O–H groups in total. The van der Waals surface area contributed by atoms with Gasteiger partial charge in [0, 0.05) is 43.3 Å². The second-order valence-electron chi connectivity index (χ2n) is 10.4. The van der Waals surface area contributed by atoms with Crippen molar-refractivity contribution in [3.63, 3.8) is 0 Å². The average Bonchev–Trinajstić information content (AvgIpc) is 3.38. The molecule has 3 aromatic rings. The largest absolute Gasteiger partial charge is 0.392 e. The summed E-state index contributed by atoms with van der Waals surface area (Å²) in [7, 11) is 0. The van der Waals surface area contributed by atoms with E-state index in [2.05, 4.69) is 22.5 Å². The van der Waals surface area contributed by atoms with Crippen molar-refractivity contribution in [2.75, 3.05) is 25.0 Å². The molecular weight excluding hydrogens is 494 g/mol. The van der Waals surface area contributed by atoms with Gasteiger partial charge in [-0.25, -0.2) is 4.79 Å². The summed E-state index contributed by atoms with van der Waals surface area (Å²) < 4.78 is 13.1. The molecule has 0 saturated carbocycles. The van der Waals surface area contributed by atoms with E-state index in [0.717, 1.165) is 35.2 Å². The number of benzene rings is 3. The van der Waals surface area contributed by atoms with Gasteiger partial charge in [-0.2, -0.15) is 0 Å². The van der Waals surface area contributed by atoms with Crippen LogP contribution >= 0.6 is 0 Å². The number of likely N-dealkylation sites (tertiary alicyclic amines) is 1. The Morgan fingerprint density at radius 3 is 2.49 bits per heavy atom. The number of carbonyl (C=O) groups excluding carboxylic acids is 1. The Morgan fingerprint density at radius 2 is 1.77 bits per heavy atom. The van der Waals surface area contributed by atoms with E-state index in [1.54, 1.807) is 0 Å². The Bertz CT molecular complexity index is 1220. The third-order valence-electron chi connectivity index (χ3n) is 7.52. The molecule has 0 aromatic heterocycles. The number of nitrogens with one attached hydrogen (secondary N) is 2. The number of anilines is 1. The van der Waals surface area contributed by atoms with E-state index >= 15 is 0 Å². The maximum Gasteiger partial charge on any atom is 0.319 e. The Labute approximate surface area is 229 Å². The lowest BCUT2D eigenvalue weighted by Crippen LogP contribution is -2.44. The third kappa shape index (κ3) is 7.03. The Morgan fingerprint density at radius 1 is 0.974 bits per heavy atom. The summed E-state index contributed by atoms with van der Waals surface area (Å²) in [4.78, 5) is 14.8. The lowest BCUT2D eigenvalue weighted by Gasteiger charge is -2.42. The first kappa shape index (κ1) is 27.3. The fourth-order valence-corrected chi connectivity index (χ4v) is 5.28. The summed E-state index contributed by atoms with van der Waals surface area (Å²) in [5.74, 6) is 0.0593. The summed E-state index contributed by atoms with van der Waals surface area (Å²) in [6, 6.07) is 24.8. The first-order chi connectivity index (χ1) is 19.0. The fourth-order valence-electron chi connectivity index (χ4n) is 5.28. The van der Waals surface area contributed by atoms with Crippen LogP contribution in [0.25, 0.3) is 0 Å². The van der Waals surface area contributed by atoms with Crippen molar-refractivity contribution in [1.29, 1.82) is 0 Å². The molecule has 2 heterocycles. The van der Waals surface area contributed by atoms with E-state index in [0.29, 0.717) is 25.3 Å². The van der Waals surface area contributed by atoms with Crippen molar-refractivity contribution in [1.82, 2.24) is 10.2 Å². The van der Waals surface area contributed by atoms with E-state index in [-0.39, 0.29) is 36.9 Å². The molecule has 2 aliphatic rings. The van der Waals surface area contributed by atoms with Gasteiger partial charge >= 0.3 is 6.03 Å². The van der Waals surface area contributed by atoms with Crippen LogP contribution in [0.5, 0.6) is 0 Å². The highest BCUT2D eigenvalue weighted by molar-refractivity contribution is 5.89. The quantitative estimate of drug-likeness (QED) is 0.345. The number of amides is 2. The van der Waals surface area contributed by atoms with Gasteiger partial charge in [-0.15, -0.1) is 0 Å². The van der Waals surface area contributed by atoms with Gasteiger partial charge in [0.05, 0.1) is 24.9 Å². The summed E-state index contributed by atoms with van der Waals surface area (Å²) in [5, 5.41) is 25.3. The van der Waals surface area contributed by atoms with Crippen molar-refractivity contribution in [3.8, 4) is 0 Å². The van der Waals surface area contributed by atoms with Crippen molar-refractivity contribution >= 4 is 11.7 Å². The van der Waals surface area contributed by atoms with Crippen LogP contribution in [0, 0.1) is 5.92 Å². The summed E-state index contributed by atoms with van der Waals surface area (Å²) in [6.45, 7) is 4.74. The number of urea groups is 1. The van der Waals surface area contributed by atoms with Crippen LogP contribution in [-0.2, 0) is 22.6 Å². The molecule has 5 atom stereocenters. The molecule has 8 heteroatoms. The van der Waals surface area contributed by atoms with Gasteiger partial charge in [-0.1, -0.05) is 73.7 Å². The smallest absolute Gasteiger partial charge is 0.319 e. The van der Waals surface area contributed by atoms with Crippen LogP contribution in [0.2, 0.25) is 0 Å². The highest BCUT2D eigenvalue weighted by Crippen LogP contribution is 2.42. The predicted octanol–water partition coefficient (Wildman–Crippen LogP) is 4.36. The van der Waals surface area contributed by atoms with Gasteiger partial charge in [0.2, 0.25) is 0 Å². The van der Waals surface area contributed by atoms with Crippen molar-refractivity contribution < 1.29 is 24.5 Å². The maximum absolute atomic E-state index is 12.5. The van der Waals surface area contributed by atoms with Gasteiger partial charge in [-0.05, 0) is 35.2 Å².